The lowest BCUT2D eigenvalue weighted by molar-refractivity contribution is 0.469. The molecule has 30 heavy (non-hydrogen) atoms. The number of anilines is 2. The SMILES string of the molecule is CC(C)N1c2ccccc2Oc2cc(-n3c4ccccc4c4ccccc43)ccc21. The van der Waals surface area contributed by atoms with Crippen LogP contribution in [0.2, 0.25) is 0 Å². The standard InChI is InChI=1S/C27H22N2O/c1-18(2)28-24-13-7-8-14-26(24)30-27-17-19(15-16-25(27)28)29-22-11-5-3-9-20(22)21-10-4-6-12-23(21)29/h3-18H,1-2H3. The highest BCUT2D eigenvalue weighted by Crippen LogP contribution is 2.48. The zero-order valence-corrected chi connectivity index (χ0v) is 17.0. The van der Waals surface area contributed by atoms with Gasteiger partial charge in [0.2, 0.25) is 0 Å². The van der Waals surface area contributed by atoms with Crippen LogP contribution in [0.1, 0.15) is 13.8 Å². The van der Waals surface area contributed by atoms with Crippen molar-refractivity contribution in [2.75, 3.05) is 4.90 Å². The number of rotatable bonds is 2. The van der Waals surface area contributed by atoms with Crippen LogP contribution in [0.4, 0.5) is 11.4 Å². The molecule has 0 aliphatic carbocycles. The second-order valence-corrected chi connectivity index (χ2v) is 8.06. The van der Waals surface area contributed by atoms with Crippen LogP contribution in [0.15, 0.2) is 91.0 Å². The van der Waals surface area contributed by atoms with Gasteiger partial charge in [0, 0.05) is 22.9 Å². The molecule has 0 amide bonds. The van der Waals surface area contributed by atoms with Crippen LogP contribution in [0.5, 0.6) is 11.5 Å². The van der Waals surface area contributed by atoms with Gasteiger partial charge in [0.05, 0.1) is 28.1 Å². The highest BCUT2D eigenvalue weighted by Gasteiger charge is 2.26. The monoisotopic (exact) mass is 390 g/mol. The fraction of sp³-hybridized carbons (Fsp3) is 0.111. The Labute approximate surface area is 175 Å². The summed E-state index contributed by atoms with van der Waals surface area (Å²) in [5, 5.41) is 2.53. The summed E-state index contributed by atoms with van der Waals surface area (Å²) in [6.07, 6.45) is 0. The van der Waals surface area contributed by atoms with E-state index >= 15 is 0 Å². The molecule has 3 heteroatoms. The van der Waals surface area contributed by atoms with E-state index in [-0.39, 0.29) is 0 Å². The molecule has 0 saturated carbocycles. The van der Waals surface area contributed by atoms with Crippen LogP contribution < -0.4 is 9.64 Å². The highest BCUT2D eigenvalue weighted by molar-refractivity contribution is 6.09. The average Bonchev–Trinajstić information content (AvgIpc) is 3.11. The van der Waals surface area contributed by atoms with E-state index in [1.54, 1.807) is 0 Å². The van der Waals surface area contributed by atoms with Crippen molar-refractivity contribution in [2.24, 2.45) is 0 Å². The molecule has 0 saturated heterocycles. The van der Waals surface area contributed by atoms with Crippen molar-refractivity contribution in [1.82, 2.24) is 4.57 Å². The van der Waals surface area contributed by atoms with Gasteiger partial charge in [0.25, 0.3) is 0 Å². The van der Waals surface area contributed by atoms with E-state index in [0.717, 1.165) is 28.6 Å². The largest absolute Gasteiger partial charge is 0.453 e. The maximum absolute atomic E-state index is 6.37. The Hall–Kier alpha value is -3.72. The minimum Gasteiger partial charge on any atom is -0.453 e. The first-order valence-electron chi connectivity index (χ1n) is 10.4. The van der Waals surface area contributed by atoms with Crippen LogP contribution in [-0.2, 0) is 0 Å². The number of fused-ring (bicyclic) bond motifs is 5. The number of hydrogen-bond donors (Lipinski definition) is 0. The zero-order valence-electron chi connectivity index (χ0n) is 17.0. The van der Waals surface area contributed by atoms with Crippen LogP contribution >= 0.6 is 0 Å². The first-order chi connectivity index (χ1) is 14.7. The van der Waals surface area contributed by atoms with Gasteiger partial charge in [-0.15, -0.1) is 0 Å². The number of nitrogens with zero attached hydrogens (tertiary/aromatic N) is 2. The molecule has 146 valence electrons. The summed E-state index contributed by atoms with van der Waals surface area (Å²) in [4.78, 5) is 2.35. The Bertz CT molecular complexity index is 1360. The molecule has 0 fully saturated rings. The molecular formula is C27H22N2O. The molecule has 6 rings (SSSR count). The normalized spacial score (nSPS) is 12.8. The van der Waals surface area contributed by atoms with Crippen molar-refractivity contribution in [3.63, 3.8) is 0 Å². The summed E-state index contributed by atoms with van der Waals surface area (Å²) in [5.74, 6) is 1.79. The van der Waals surface area contributed by atoms with Gasteiger partial charge in [-0.2, -0.15) is 0 Å². The molecule has 0 bridgehead atoms. The van der Waals surface area contributed by atoms with Crippen LogP contribution in [-0.4, -0.2) is 10.6 Å². The van der Waals surface area contributed by atoms with Crippen LogP contribution in [0.3, 0.4) is 0 Å². The van der Waals surface area contributed by atoms with E-state index in [9.17, 15) is 0 Å². The Kier molecular flexibility index (Phi) is 3.66. The molecule has 3 nitrogen and oxygen atoms in total. The topological polar surface area (TPSA) is 17.4 Å². The summed E-state index contributed by atoms with van der Waals surface area (Å²) in [6, 6.07) is 32.3. The molecule has 0 spiro atoms. The lowest BCUT2D eigenvalue weighted by Crippen LogP contribution is -2.28. The maximum Gasteiger partial charge on any atom is 0.153 e. The molecule has 1 aliphatic rings. The Morgan fingerprint density at radius 2 is 1.23 bits per heavy atom. The Morgan fingerprint density at radius 1 is 0.633 bits per heavy atom. The zero-order chi connectivity index (χ0) is 20.2. The van der Waals surface area contributed by atoms with Gasteiger partial charge >= 0.3 is 0 Å². The fourth-order valence-electron chi connectivity index (χ4n) is 4.67. The first kappa shape index (κ1) is 17.2. The molecule has 5 aromatic rings. The number of aromatic nitrogens is 1. The van der Waals surface area contributed by atoms with Crippen molar-refractivity contribution in [3.8, 4) is 17.2 Å². The third-order valence-corrected chi connectivity index (χ3v) is 5.90. The average molecular weight is 390 g/mol. The van der Waals surface area contributed by atoms with Crippen molar-refractivity contribution in [3.05, 3.63) is 91.0 Å². The predicted molar refractivity (Wildman–Crippen MR) is 125 cm³/mol. The maximum atomic E-state index is 6.37. The highest BCUT2D eigenvalue weighted by atomic mass is 16.5. The summed E-state index contributed by atoms with van der Waals surface area (Å²) < 4.78 is 8.69. The second-order valence-electron chi connectivity index (χ2n) is 8.06. The Morgan fingerprint density at radius 3 is 1.93 bits per heavy atom. The minimum atomic E-state index is 0.327. The summed E-state index contributed by atoms with van der Waals surface area (Å²) in [5.41, 5.74) is 5.73. The van der Waals surface area contributed by atoms with E-state index in [0.29, 0.717) is 6.04 Å². The number of hydrogen-bond acceptors (Lipinski definition) is 2. The smallest absolute Gasteiger partial charge is 0.153 e. The molecule has 0 atom stereocenters. The second kappa shape index (κ2) is 6.39. The van der Waals surface area contributed by atoms with Crippen molar-refractivity contribution in [1.29, 1.82) is 0 Å². The van der Waals surface area contributed by atoms with Gasteiger partial charge < -0.3 is 14.2 Å². The number of para-hydroxylation sites is 4. The van der Waals surface area contributed by atoms with Gasteiger partial charge in [-0.25, -0.2) is 0 Å². The van der Waals surface area contributed by atoms with E-state index < -0.39 is 0 Å². The predicted octanol–water partition coefficient (Wildman–Crippen LogP) is 7.44. The Balaban J connectivity index is 1.60. The quantitative estimate of drug-likeness (QED) is 0.312. The molecule has 2 heterocycles. The van der Waals surface area contributed by atoms with E-state index in [4.69, 9.17) is 4.74 Å². The van der Waals surface area contributed by atoms with Gasteiger partial charge in [-0.05, 0) is 50.2 Å². The lowest BCUT2D eigenvalue weighted by atomic mass is 10.1. The lowest BCUT2D eigenvalue weighted by Gasteiger charge is -2.35. The summed E-state index contributed by atoms with van der Waals surface area (Å²) in [6.45, 7) is 4.43. The van der Waals surface area contributed by atoms with E-state index in [1.165, 1.54) is 21.8 Å². The first-order valence-corrected chi connectivity index (χ1v) is 10.4. The van der Waals surface area contributed by atoms with Crippen LogP contribution in [0.25, 0.3) is 27.5 Å². The minimum absolute atomic E-state index is 0.327. The van der Waals surface area contributed by atoms with Gasteiger partial charge in [0.15, 0.2) is 11.5 Å². The van der Waals surface area contributed by atoms with E-state index in [2.05, 4.69) is 102 Å². The molecular weight excluding hydrogens is 368 g/mol. The molecule has 1 aromatic heterocycles. The van der Waals surface area contributed by atoms with Crippen molar-refractivity contribution >= 4 is 33.2 Å². The molecule has 0 N–H and O–H groups in total. The third kappa shape index (κ3) is 2.38. The molecule has 1 aliphatic heterocycles. The van der Waals surface area contributed by atoms with E-state index in [1.807, 2.05) is 12.1 Å². The molecule has 4 aromatic carbocycles. The van der Waals surface area contributed by atoms with Crippen molar-refractivity contribution < 1.29 is 4.74 Å². The van der Waals surface area contributed by atoms with Crippen molar-refractivity contribution in [2.45, 2.75) is 19.9 Å². The fourth-order valence-corrected chi connectivity index (χ4v) is 4.67. The molecule has 0 radical (unpaired) electrons. The summed E-state index contributed by atoms with van der Waals surface area (Å²) in [7, 11) is 0. The molecule has 0 unspecified atom stereocenters. The van der Waals surface area contributed by atoms with Gasteiger partial charge in [0.1, 0.15) is 0 Å². The third-order valence-electron chi connectivity index (χ3n) is 5.90. The van der Waals surface area contributed by atoms with Crippen LogP contribution in [0, 0.1) is 0 Å². The summed E-state index contributed by atoms with van der Waals surface area (Å²) >= 11 is 0. The number of ether oxygens (including phenoxy) is 1. The van der Waals surface area contributed by atoms with Gasteiger partial charge in [-0.3, -0.25) is 0 Å². The number of benzene rings is 4. The van der Waals surface area contributed by atoms with Gasteiger partial charge in [-0.1, -0.05) is 48.5 Å².